The molecule has 0 saturated heterocycles. The predicted molar refractivity (Wildman–Crippen MR) is 76.1 cm³/mol. The second-order valence-electron chi connectivity index (χ2n) is 5.20. The zero-order chi connectivity index (χ0) is 15.3. The van der Waals surface area contributed by atoms with Crippen molar-refractivity contribution in [3.05, 3.63) is 29.3 Å². The van der Waals surface area contributed by atoms with Gasteiger partial charge in [0.2, 0.25) is 0 Å². The lowest BCUT2D eigenvalue weighted by molar-refractivity contribution is -0.139. The van der Waals surface area contributed by atoms with Crippen molar-refractivity contribution in [3.8, 4) is 5.75 Å². The fraction of sp³-hybridized carbons (Fsp3) is 0.467. The minimum atomic E-state index is -1.03. The number of hydrogen-bond donors (Lipinski definition) is 2. The minimum Gasteiger partial charge on any atom is -0.496 e. The van der Waals surface area contributed by atoms with Crippen molar-refractivity contribution in [1.29, 1.82) is 0 Å². The first-order valence-corrected chi connectivity index (χ1v) is 6.53. The summed E-state index contributed by atoms with van der Waals surface area (Å²) >= 11 is 0. The van der Waals surface area contributed by atoms with Gasteiger partial charge in [0.1, 0.15) is 11.8 Å². The highest BCUT2D eigenvalue weighted by atomic mass is 16.5. The minimum absolute atomic E-state index is 0.177. The average Bonchev–Trinajstić information content (AvgIpc) is 2.37. The van der Waals surface area contributed by atoms with Gasteiger partial charge in [-0.2, -0.15) is 0 Å². The maximum absolute atomic E-state index is 12.2. The van der Waals surface area contributed by atoms with Crippen LogP contribution in [0.1, 0.15) is 36.2 Å². The number of nitrogens with one attached hydrogen (secondary N) is 1. The highest BCUT2D eigenvalue weighted by molar-refractivity contribution is 5.99. The lowest BCUT2D eigenvalue weighted by Gasteiger charge is -2.17. The molecule has 0 aliphatic rings. The Labute approximate surface area is 118 Å². The molecule has 0 spiro atoms. The normalized spacial score (nSPS) is 12.1. The van der Waals surface area contributed by atoms with E-state index in [1.54, 1.807) is 12.1 Å². The first-order valence-electron chi connectivity index (χ1n) is 6.53. The molecule has 0 aromatic heterocycles. The third-order valence-corrected chi connectivity index (χ3v) is 2.91. The Balaban J connectivity index is 2.94. The molecule has 0 aliphatic carbocycles. The predicted octanol–water partition coefficient (Wildman–Crippen LogP) is 2.23. The van der Waals surface area contributed by atoms with E-state index < -0.39 is 17.9 Å². The second-order valence-corrected chi connectivity index (χ2v) is 5.20. The Morgan fingerprint density at radius 2 is 2.00 bits per heavy atom. The van der Waals surface area contributed by atoms with Gasteiger partial charge in [-0.25, -0.2) is 4.79 Å². The molecule has 1 rings (SSSR count). The van der Waals surface area contributed by atoms with Gasteiger partial charge in [0.05, 0.1) is 12.7 Å². The zero-order valence-corrected chi connectivity index (χ0v) is 12.3. The molecule has 20 heavy (non-hydrogen) atoms. The van der Waals surface area contributed by atoms with Crippen molar-refractivity contribution in [3.63, 3.8) is 0 Å². The van der Waals surface area contributed by atoms with Crippen molar-refractivity contribution < 1.29 is 19.4 Å². The summed E-state index contributed by atoms with van der Waals surface area (Å²) in [5, 5.41) is 11.7. The van der Waals surface area contributed by atoms with Gasteiger partial charge in [-0.15, -0.1) is 0 Å². The number of aryl methyl sites for hydroxylation is 1. The van der Waals surface area contributed by atoms with Gasteiger partial charge in [0.15, 0.2) is 0 Å². The molecule has 0 unspecified atom stereocenters. The standard InChI is InChI=1S/C15H21NO4/c1-9(2)7-12(15(18)19)16-14(17)11-8-10(3)5-6-13(11)20-4/h5-6,8-9,12H,7H2,1-4H3,(H,16,17)(H,18,19)/t12-/m0/s1. The molecule has 5 heteroatoms. The third kappa shape index (κ3) is 4.26. The molecule has 0 aliphatic heterocycles. The van der Waals surface area contributed by atoms with Crippen LogP contribution in [0, 0.1) is 12.8 Å². The van der Waals surface area contributed by atoms with E-state index in [9.17, 15) is 9.59 Å². The van der Waals surface area contributed by atoms with E-state index in [2.05, 4.69) is 5.32 Å². The SMILES string of the molecule is COc1ccc(C)cc1C(=O)N[C@@H](CC(C)C)C(=O)O. The number of carboxylic acids is 1. The third-order valence-electron chi connectivity index (χ3n) is 2.91. The molecule has 1 atom stereocenters. The number of benzene rings is 1. The summed E-state index contributed by atoms with van der Waals surface area (Å²) in [6.45, 7) is 5.68. The van der Waals surface area contributed by atoms with Crippen LogP contribution < -0.4 is 10.1 Å². The number of carboxylic acid groups (broad SMARTS) is 1. The molecule has 0 fully saturated rings. The fourth-order valence-electron chi connectivity index (χ4n) is 1.93. The highest BCUT2D eigenvalue weighted by Crippen LogP contribution is 2.20. The number of aliphatic carboxylic acids is 1. The second kappa shape index (κ2) is 6.93. The number of carbonyl (C=O) groups excluding carboxylic acids is 1. The van der Waals surface area contributed by atoms with Crippen LogP contribution >= 0.6 is 0 Å². The summed E-state index contributed by atoms with van der Waals surface area (Å²) in [7, 11) is 1.48. The number of ether oxygens (including phenoxy) is 1. The van der Waals surface area contributed by atoms with Gasteiger partial charge >= 0.3 is 5.97 Å². The van der Waals surface area contributed by atoms with Gasteiger partial charge in [-0.1, -0.05) is 25.5 Å². The van der Waals surface area contributed by atoms with Crippen molar-refractivity contribution in [1.82, 2.24) is 5.32 Å². The molecular formula is C15H21NO4. The topological polar surface area (TPSA) is 75.6 Å². The van der Waals surface area contributed by atoms with Gasteiger partial charge < -0.3 is 15.2 Å². The number of amides is 1. The summed E-state index contributed by atoms with van der Waals surface area (Å²) in [5.74, 6) is -0.852. The van der Waals surface area contributed by atoms with Crippen LogP contribution in [0.2, 0.25) is 0 Å². The van der Waals surface area contributed by atoms with Gasteiger partial charge in [-0.05, 0) is 31.4 Å². The molecule has 1 amide bonds. The molecule has 5 nitrogen and oxygen atoms in total. The monoisotopic (exact) mass is 279 g/mol. The Morgan fingerprint density at radius 1 is 1.35 bits per heavy atom. The van der Waals surface area contributed by atoms with Crippen molar-refractivity contribution in [2.24, 2.45) is 5.92 Å². The van der Waals surface area contributed by atoms with E-state index in [1.165, 1.54) is 7.11 Å². The number of hydrogen-bond acceptors (Lipinski definition) is 3. The molecule has 0 bridgehead atoms. The average molecular weight is 279 g/mol. The molecule has 1 aromatic rings. The Hall–Kier alpha value is -2.04. The van der Waals surface area contributed by atoms with Crippen LogP contribution in [0.25, 0.3) is 0 Å². The number of carbonyl (C=O) groups is 2. The van der Waals surface area contributed by atoms with Crippen molar-refractivity contribution in [2.75, 3.05) is 7.11 Å². The summed E-state index contributed by atoms with van der Waals surface area (Å²) in [6.07, 6.45) is 0.384. The molecular weight excluding hydrogens is 258 g/mol. The highest BCUT2D eigenvalue weighted by Gasteiger charge is 2.23. The molecule has 0 saturated carbocycles. The van der Waals surface area contributed by atoms with Gasteiger partial charge in [-0.3, -0.25) is 4.79 Å². The van der Waals surface area contributed by atoms with Crippen molar-refractivity contribution >= 4 is 11.9 Å². The van der Waals surface area contributed by atoms with Gasteiger partial charge in [0, 0.05) is 0 Å². The van der Waals surface area contributed by atoms with Crippen LogP contribution in [0.3, 0.4) is 0 Å². The van der Waals surface area contributed by atoms with Crippen LogP contribution in [0.5, 0.6) is 5.75 Å². The molecule has 0 radical (unpaired) electrons. The molecule has 110 valence electrons. The fourth-order valence-corrected chi connectivity index (χ4v) is 1.93. The number of rotatable bonds is 6. The lowest BCUT2D eigenvalue weighted by atomic mass is 10.0. The molecule has 1 aromatic carbocycles. The van der Waals surface area contributed by atoms with E-state index >= 15 is 0 Å². The molecule has 2 N–H and O–H groups in total. The smallest absolute Gasteiger partial charge is 0.326 e. The van der Waals surface area contributed by atoms with Crippen LogP contribution in [0.15, 0.2) is 18.2 Å². The maximum atomic E-state index is 12.2. The summed E-state index contributed by atoms with van der Waals surface area (Å²) in [4.78, 5) is 23.4. The maximum Gasteiger partial charge on any atom is 0.326 e. The van der Waals surface area contributed by atoms with Crippen molar-refractivity contribution in [2.45, 2.75) is 33.2 Å². The first kappa shape index (κ1) is 16.0. The summed E-state index contributed by atoms with van der Waals surface area (Å²) in [6, 6.07) is 4.32. The lowest BCUT2D eigenvalue weighted by Crippen LogP contribution is -2.41. The first-order chi connectivity index (χ1) is 9.35. The molecule has 0 heterocycles. The quantitative estimate of drug-likeness (QED) is 0.837. The summed E-state index contributed by atoms with van der Waals surface area (Å²) < 4.78 is 5.14. The summed E-state index contributed by atoms with van der Waals surface area (Å²) in [5.41, 5.74) is 1.26. The van der Waals surface area contributed by atoms with E-state index in [-0.39, 0.29) is 5.92 Å². The van der Waals surface area contributed by atoms with E-state index in [1.807, 2.05) is 26.8 Å². The zero-order valence-electron chi connectivity index (χ0n) is 12.3. The Bertz CT molecular complexity index is 497. The number of methoxy groups -OCH3 is 1. The Kier molecular flexibility index (Phi) is 5.55. The Morgan fingerprint density at radius 3 is 2.50 bits per heavy atom. The van der Waals surface area contributed by atoms with Gasteiger partial charge in [0.25, 0.3) is 5.91 Å². The van der Waals surface area contributed by atoms with Crippen LogP contribution in [-0.2, 0) is 4.79 Å². The van der Waals surface area contributed by atoms with Crippen LogP contribution in [-0.4, -0.2) is 30.1 Å². The van der Waals surface area contributed by atoms with E-state index in [4.69, 9.17) is 9.84 Å². The largest absolute Gasteiger partial charge is 0.496 e. The van der Waals surface area contributed by atoms with E-state index in [0.717, 1.165) is 5.56 Å². The van der Waals surface area contributed by atoms with Crippen LogP contribution in [0.4, 0.5) is 0 Å². The van der Waals surface area contributed by atoms with E-state index in [0.29, 0.717) is 17.7 Å².